The summed E-state index contributed by atoms with van der Waals surface area (Å²) in [5, 5.41) is 5.42. The van der Waals surface area contributed by atoms with Crippen molar-refractivity contribution in [2.24, 2.45) is 0 Å². The maximum Gasteiger partial charge on any atom is 0.248 e. The first-order valence-corrected chi connectivity index (χ1v) is 9.31. The third-order valence-electron chi connectivity index (χ3n) is 4.48. The second-order valence-electron chi connectivity index (χ2n) is 6.66. The van der Waals surface area contributed by atoms with E-state index in [0.717, 1.165) is 24.2 Å². The van der Waals surface area contributed by atoms with Gasteiger partial charge in [-0.25, -0.2) is 0 Å². The van der Waals surface area contributed by atoms with Gasteiger partial charge in [-0.3, -0.25) is 14.4 Å². The molecule has 0 bridgehead atoms. The van der Waals surface area contributed by atoms with Gasteiger partial charge in [-0.15, -0.1) is 0 Å². The molecular formula is C22H23N3O4. The SMILES string of the molecule is COc1ccc(NC(C)=O)cc1NC(=O)/C=C/c1ccc(N2CCCC2=O)cc1. The highest BCUT2D eigenvalue weighted by molar-refractivity contribution is 6.03. The number of nitrogens with zero attached hydrogens (tertiary/aromatic N) is 1. The number of hydrogen-bond donors (Lipinski definition) is 2. The van der Waals surface area contributed by atoms with E-state index >= 15 is 0 Å². The Kier molecular flexibility index (Phi) is 6.29. The number of carbonyl (C=O) groups is 3. The van der Waals surface area contributed by atoms with Gasteiger partial charge in [-0.05, 0) is 48.4 Å². The van der Waals surface area contributed by atoms with Gasteiger partial charge in [0.05, 0.1) is 12.8 Å². The summed E-state index contributed by atoms with van der Waals surface area (Å²) >= 11 is 0. The van der Waals surface area contributed by atoms with Crippen molar-refractivity contribution >= 4 is 40.9 Å². The van der Waals surface area contributed by atoms with Crippen LogP contribution in [0.25, 0.3) is 6.08 Å². The summed E-state index contributed by atoms with van der Waals surface area (Å²) in [5.41, 5.74) is 2.73. The molecule has 29 heavy (non-hydrogen) atoms. The predicted molar refractivity (Wildman–Crippen MR) is 113 cm³/mol. The molecule has 2 aromatic carbocycles. The summed E-state index contributed by atoms with van der Waals surface area (Å²) in [5.74, 6) is 0.0945. The summed E-state index contributed by atoms with van der Waals surface area (Å²) in [6, 6.07) is 12.5. The highest BCUT2D eigenvalue weighted by Crippen LogP contribution is 2.28. The molecule has 0 saturated carbocycles. The van der Waals surface area contributed by atoms with E-state index in [2.05, 4.69) is 10.6 Å². The zero-order chi connectivity index (χ0) is 20.8. The van der Waals surface area contributed by atoms with Crippen molar-refractivity contribution in [3.8, 4) is 5.75 Å². The minimum Gasteiger partial charge on any atom is -0.495 e. The third kappa shape index (κ3) is 5.22. The van der Waals surface area contributed by atoms with Crippen LogP contribution in [0.2, 0.25) is 0 Å². The number of benzene rings is 2. The van der Waals surface area contributed by atoms with E-state index in [9.17, 15) is 14.4 Å². The standard InChI is InChI=1S/C22H23N3O4/c1-15(26)23-17-8-11-20(29-2)19(14-17)24-21(27)12-7-16-5-9-18(10-6-16)25-13-3-4-22(25)28/h5-12,14H,3-4,13H2,1-2H3,(H,23,26)(H,24,27)/b12-7+. The lowest BCUT2D eigenvalue weighted by atomic mass is 10.2. The largest absolute Gasteiger partial charge is 0.495 e. The first kappa shape index (κ1) is 20.1. The van der Waals surface area contributed by atoms with Crippen LogP contribution in [-0.2, 0) is 14.4 Å². The van der Waals surface area contributed by atoms with Crippen molar-refractivity contribution in [1.82, 2.24) is 0 Å². The third-order valence-corrected chi connectivity index (χ3v) is 4.48. The zero-order valence-corrected chi connectivity index (χ0v) is 16.4. The molecule has 0 aromatic heterocycles. The fraction of sp³-hybridized carbons (Fsp3) is 0.227. The van der Waals surface area contributed by atoms with E-state index in [-0.39, 0.29) is 17.7 Å². The number of nitrogens with one attached hydrogen (secondary N) is 2. The molecule has 0 atom stereocenters. The van der Waals surface area contributed by atoms with E-state index in [4.69, 9.17) is 4.74 Å². The van der Waals surface area contributed by atoms with Gasteiger partial charge in [-0.2, -0.15) is 0 Å². The molecule has 2 N–H and O–H groups in total. The molecule has 1 aliphatic rings. The Balaban J connectivity index is 1.66. The average molecular weight is 393 g/mol. The molecule has 3 rings (SSSR count). The van der Waals surface area contributed by atoms with Crippen LogP contribution in [0.3, 0.4) is 0 Å². The lowest BCUT2D eigenvalue weighted by molar-refractivity contribution is -0.117. The van der Waals surface area contributed by atoms with E-state index < -0.39 is 0 Å². The van der Waals surface area contributed by atoms with Crippen LogP contribution in [0.4, 0.5) is 17.1 Å². The minimum atomic E-state index is -0.331. The number of amides is 3. The first-order chi connectivity index (χ1) is 14.0. The van der Waals surface area contributed by atoms with Crippen molar-refractivity contribution in [2.75, 3.05) is 29.2 Å². The first-order valence-electron chi connectivity index (χ1n) is 9.31. The van der Waals surface area contributed by atoms with E-state index in [1.54, 1.807) is 29.2 Å². The molecular weight excluding hydrogens is 370 g/mol. The van der Waals surface area contributed by atoms with Gasteiger partial charge in [0.2, 0.25) is 17.7 Å². The molecule has 2 aromatic rings. The van der Waals surface area contributed by atoms with Crippen molar-refractivity contribution < 1.29 is 19.1 Å². The normalized spacial score (nSPS) is 13.6. The molecule has 1 heterocycles. The van der Waals surface area contributed by atoms with Crippen LogP contribution >= 0.6 is 0 Å². The fourth-order valence-corrected chi connectivity index (χ4v) is 3.12. The maximum absolute atomic E-state index is 12.3. The Bertz CT molecular complexity index is 951. The van der Waals surface area contributed by atoms with Crippen LogP contribution in [0, 0.1) is 0 Å². The molecule has 0 aliphatic carbocycles. The topological polar surface area (TPSA) is 87.7 Å². The second-order valence-corrected chi connectivity index (χ2v) is 6.66. The number of anilines is 3. The monoisotopic (exact) mass is 393 g/mol. The minimum absolute atomic E-state index is 0.142. The lowest BCUT2D eigenvalue weighted by Crippen LogP contribution is -2.23. The summed E-state index contributed by atoms with van der Waals surface area (Å²) < 4.78 is 5.26. The van der Waals surface area contributed by atoms with Crippen molar-refractivity contribution in [3.05, 3.63) is 54.1 Å². The van der Waals surface area contributed by atoms with Crippen molar-refractivity contribution in [1.29, 1.82) is 0 Å². The average Bonchev–Trinajstić information content (AvgIpc) is 3.12. The van der Waals surface area contributed by atoms with Gasteiger partial charge in [0.25, 0.3) is 0 Å². The molecule has 0 radical (unpaired) electrons. The summed E-state index contributed by atoms with van der Waals surface area (Å²) in [6.07, 6.45) is 4.58. The van der Waals surface area contributed by atoms with Crippen LogP contribution in [0.15, 0.2) is 48.5 Å². The number of ether oxygens (including phenoxy) is 1. The predicted octanol–water partition coefficient (Wildman–Crippen LogP) is 3.43. The van der Waals surface area contributed by atoms with E-state index in [0.29, 0.717) is 23.5 Å². The quantitative estimate of drug-likeness (QED) is 0.736. The zero-order valence-electron chi connectivity index (χ0n) is 16.4. The smallest absolute Gasteiger partial charge is 0.248 e. The van der Waals surface area contributed by atoms with Crippen molar-refractivity contribution in [3.63, 3.8) is 0 Å². The van der Waals surface area contributed by atoms with Crippen molar-refractivity contribution in [2.45, 2.75) is 19.8 Å². The highest BCUT2D eigenvalue weighted by atomic mass is 16.5. The molecule has 1 aliphatic heterocycles. The van der Waals surface area contributed by atoms with Gasteiger partial charge in [0.15, 0.2) is 0 Å². The van der Waals surface area contributed by atoms with Gasteiger partial charge in [0.1, 0.15) is 5.75 Å². The number of hydrogen-bond acceptors (Lipinski definition) is 4. The summed E-state index contributed by atoms with van der Waals surface area (Å²) in [4.78, 5) is 37.1. The molecule has 0 spiro atoms. The Labute approximate surface area is 169 Å². The molecule has 3 amide bonds. The lowest BCUT2D eigenvalue weighted by Gasteiger charge is -2.15. The number of carbonyl (C=O) groups excluding carboxylic acids is 3. The summed E-state index contributed by atoms with van der Waals surface area (Å²) in [6.45, 7) is 2.16. The molecule has 1 saturated heterocycles. The molecule has 7 heteroatoms. The number of methoxy groups -OCH3 is 1. The Morgan fingerprint density at radius 1 is 1.10 bits per heavy atom. The van der Waals surface area contributed by atoms with Gasteiger partial charge < -0.3 is 20.3 Å². The Hall–Kier alpha value is -3.61. The molecule has 150 valence electrons. The van der Waals surface area contributed by atoms with Crippen LogP contribution in [0.1, 0.15) is 25.3 Å². The second kappa shape index (κ2) is 9.05. The molecule has 0 unspecified atom stereocenters. The Morgan fingerprint density at radius 2 is 1.86 bits per heavy atom. The summed E-state index contributed by atoms with van der Waals surface area (Å²) in [7, 11) is 1.51. The van der Waals surface area contributed by atoms with Crippen LogP contribution in [0.5, 0.6) is 5.75 Å². The van der Waals surface area contributed by atoms with Gasteiger partial charge in [0, 0.05) is 37.3 Å². The van der Waals surface area contributed by atoms with E-state index in [1.165, 1.54) is 20.1 Å². The van der Waals surface area contributed by atoms with Gasteiger partial charge >= 0.3 is 0 Å². The fourth-order valence-electron chi connectivity index (χ4n) is 3.12. The molecule has 1 fully saturated rings. The van der Waals surface area contributed by atoms with E-state index in [1.807, 2.05) is 24.3 Å². The highest BCUT2D eigenvalue weighted by Gasteiger charge is 2.21. The van der Waals surface area contributed by atoms with Gasteiger partial charge in [-0.1, -0.05) is 12.1 Å². The maximum atomic E-state index is 12.3. The molecule has 7 nitrogen and oxygen atoms in total. The van der Waals surface area contributed by atoms with Crippen LogP contribution < -0.4 is 20.3 Å². The Morgan fingerprint density at radius 3 is 2.48 bits per heavy atom. The van der Waals surface area contributed by atoms with Crippen LogP contribution in [-0.4, -0.2) is 31.4 Å². The number of rotatable bonds is 6.